The molecule has 1 aromatic heterocycles. The van der Waals surface area contributed by atoms with Crippen LogP contribution in [0, 0.1) is 0 Å². The number of carboxylic acids is 1. The summed E-state index contributed by atoms with van der Waals surface area (Å²) in [5.74, 6) is -2.65. The van der Waals surface area contributed by atoms with Crippen LogP contribution in [-0.4, -0.2) is 28.9 Å². The molecule has 3 rings (SSSR count). The van der Waals surface area contributed by atoms with Crippen LogP contribution >= 0.6 is 11.3 Å². The van der Waals surface area contributed by atoms with Gasteiger partial charge in [-0.25, -0.2) is 14.5 Å². The number of hydrogen-bond acceptors (Lipinski definition) is 5. The minimum absolute atomic E-state index is 0.0223. The highest BCUT2D eigenvalue weighted by Crippen LogP contribution is 2.23. The molecular formula is C16H10N2O5S. The number of aromatic carboxylic acids is 1. The minimum Gasteiger partial charge on any atom is -0.478 e. The molecule has 24 heavy (non-hydrogen) atoms. The number of barbiturate groups is 1. The van der Waals surface area contributed by atoms with Gasteiger partial charge >= 0.3 is 12.0 Å². The summed E-state index contributed by atoms with van der Waals surface area (Å²) in [6.45, 7) is 0. The molecule has 0 spiro atoms. The summed E-state index contributed by atoms with van der Waals surface area (Å²) in [5, 5.41) is 12.8. The van der Waals surface area contributed by atoms with Gasteiger partial charge in [-0.1, -0.05) is 6.07 Å². The average molecular weight is 342 g/mol. The molecule has 1 aliphatic rings. The van der Waals surface area contributed by atoms with E-state index in [2.05, 4.69) is 5.32 Å². The van der Waals surface area contributed by atoms with Crippen LogP contribution in [0.1, 0.15) is 15.2 Å². The third kappa shape index (κ3) is 2.82. The zero-order valence-corrected chi connectivity index (χ0v) is 12.9. The Morgan fingerprint density at radius 2 is 1.83 bits per heavy atom. The number of imide groups is 2. The highest BCUT2D eigenvalue weighted by atomic mass is 32.1. The Balaban J connectivity index is 1.98. The number of carboxylic acid groups (broad SMARTS) is 1. The van der Waals surface area contributed by atoms with Gasteiger partial charge in [-0.15, -0.1) is 11.3 Å². The summed E-state index contributed by atoms with van der Waals surface area (Å²) in [6.07, 6.45) is 1.41. The quantitative estimate of drug-likeness (QED) is 0.657. The number of urea groups is 1. The molecule has 0 saturated carbocycles. The molecule has 2 heterocycles. The second kappa shape index (κ2) is 6.09. The van der Waals surface area contributed by atoms with Gasteiger partial charge in [0.1, 0.15) is 5.57 Å². The van der Waals surface area contributed by atoms with Crippen LogP contribution in [0.5, 0.6) is 0 Å². The zero-order chi connectivity index (χ0) is 17.3. The van der Waals surface area contributed by atoms with E-state index in [4.69, 9.17) is 5.11 Å². The zero-order valence-electron chi connectivity index (χ0n) is 12.1. The number of nitrogens with zero attached hydrogens (tertiary/aromatic N) is 1. The van der Waals surface area contributed by atoms with Gasteiger partial charge in [0, 0.05) is 4.88 Å². The average Bonchev–Trinajstić information content (AvgIpc) is 3.05. The number of nitrogens with one attached hydrogen (secondary N) is 1. The van der Waals surface area contributed by atoms with Crippen molar-refractivity contribution in [1.29, 1.82) is 0 Å². The van der Waals surface area contributed by atoms with Crippen molar-refractivity contribution in [3.8, 4) is 0 Å². The van der Waals surface area contributed by atoms with Crippen LogP contribution in [0.3, 0.4) is 0 Å². The van der Waals surface area contributed by atoms with Crippen LogP contribution in [0.25, 0.3) is 6.08 Å². The molecule has 7 nitrogen and oxygen atoms in total. The molecule has 8 heteroatoms. The Bertz CT molecular complexity index is 868. The second-order valence-electron chi connectivity index (χ2n) is 4.83. The van der Waals surface area contributed by atoms with Crippen molar-refractivity contribution in [2.24, 2.45) is 0 Å². The lowest BCUT2D eigenvalue weighted by molar-refractivity contribution is -0.122. The summed E-state index contributed by atoms with van der Waals surface area (Å²) in [7, 11) is 0. The van der Waals surface area contributed by atoms with Gasteiger partial charge in [0.05, 0.1) is 11.3 Å². The fourth-order valence-corrected chi connectivity index (χ4v) is 2.82. The molecule has 1 fully saturated rings. The molecular weight excluding hydrogens is 332 g/mol. The molecule has 0 radical (unpaired) electrons. The normalized spacial score (nSPS) is 16.4. The summed E-state index contributed by atoms with van der Waals surface area (Å²) >= 11 is 1.35. The Kier molecular flexibility index (Phi) is 3.97. The lowest BCUT2D eigenvalue weighted by Crippen LogP contribution is -2.54. The molecule has 2 N–H and O–H groups in total. The minimum atomic E-state index is -1.12. The number of hydrogen-bond donors (Lipinski definition) is 2. The van der Waals surface area contributed by atoms with Gasteiger partial charge in [-0.2, -0.15) is 0 Å². The van der Waals surface area contributed by atoms with E-state index in [9.17, 15) is 19.2 Å². The number of amides is 4. The van der Waals surface area contributed by atoms with Crippen molar-refractivity contribution < 1.29 is 24.3 Å². The fourth-order valence-electron chi connectivity index (χ4n) is 2.16. The van der Waals surface area contributed by atoms with Gasteiger partial charge < -0.3 is 5.11 Å². The predicted octanol–water partition coefficient (Wildman–Crippen LogP) is 2.11. The number of carbonyl (C=O) groups is 4. The first-order valence-corrected chi connectivity index (χ1v) is 7.63. The van der Waals surface area contributed by atoms with Crippen molar-refractivity contribution >= 4 is 46.9 Å². The second-order valence-corrected chi connectivity index (χ2v) is 5.80. The van der Waals surface area contributed by atoms with E-state index in [0.29, 0.717) is 4.88 Å². The van der Waals surface area contributed by atoms with Gasteiger partial charge in [0.25, 0.3) is 11.8 Å². The molecule has 2 aromatic rings. The Morgan fingerprint density at radius 1 is 1.12 bits per heavy atom. The number of rotatable bonds is 3. The maximum absolute atomic E-state index is 12.6. The number of thiophene rings is 1. The lowest BCUT2D eigenvalue weighted by Gasteiger charge is -2.26. The van der Waals surface area contributed by atoms with Gasteiger partial charge in [0.15, 0.2) is 0 Å². The molecule has 1 aliphatic heterocycles. The molecule has 4 amide bonds. The number of carbonyl (C=O) groups excluding carboxylic acids is 3. The van der Waals surface area contributed by atoms with E-state index in [1.54, 1.807) is 17.5 Å². The van der Waals surface area contributed by atoms with Gasteiger partial charge in [-0.3, -0.25) is 14.9 Å². The molecule has 0 unspecified atom stereocenters. The molecule has 120 valence electrons. The van der Waals surface area contributed by atoms with Crippen LogP contribution in [0.4, 0.5) is 10.5 Å². The first-order chi connectivity index (χ1) is 11.5. The van der Waals surface area contributed by atoms with E-state index in [1.807, 2.05) is 0 Å². The number of benzene rings is 1. The topological polar surface area (TPSA) is 104 Å². The summed E-state index contributed by atoms with van der Waals surface area (Å²) in [6, 6.07) is 7.85. The Hall–Kier alpha value is -3.26. The van der Waals surface area contributed by atoms with Crippen molar-refractivity contribution in [2.45, 2.75) is 0 Å². The molecule has 0 atom stereocenters. The Labute approximate surface area is 139 Å². The third-order valence-electron chi connectivity index (χ3n) is 3.30. The molecule has 1 aromatic carbocycles. The molecule has 0 bridgehead atoms. The largest absolute Gasteiger partial charge is 0.478 e. The van der Waals surface area contributed by atoms with Gasteiger partial charge in [0.2, 0.25) is 0 Å². The van der Waals surface area contributed by atoms with Crippen LogP contribution < -0.4 is 10.2 Å². The maximum atomic E-state index is 12.6. The van der Waals surface area contributed by atoms with E-state index < -0.39 is 23.8 Å². The van der Waals surface area contributed by atoms with E-state index in [1.165, 1.54) is 41.7 Å². The number of anilines is 1. The van der Waals surface area contributed by atoms with E-state index in [-0.39, 0.29) is 16.8 Å². The van der Waals surface area contributed by atoms with Gasteiger partial charge in [-0.05, 0) is 41.8 Å². The van der Waals surface area contributed by atoms with Crippen LogP contribution in [0.2, 0.25) is 0 Å². The summed E-state index contributed by atoms with van der Waals surface area (Å²) < 4.78 is 0. The monoisotopic (exact) mass is 342 g/mol. The van der Waals surface area contributed by atoms with Crippen LogP contribution in [0.15, 0.2) is 47.4 Å². The van der Waals surface area contributed by atoms with Crippen molar-refractivity contribution in [3.63, 3.8) is 0 Å². The molecule has 1 saturated heterocycles. The van der Waals surface area contributed by atoms with Crippen molar-refractivity contribution in [2.75, 3.05) is 4.90 Å². The predicted molar refractivity (Wildman–Crippen MR) is 86.7 cm³/mol. The van der Waals surface area contributed by atoms with Crippen molar-refractivity contribution in [1.82, 2.24) is 5.32 Å². The maximum Gasteiger partial charge on any atom is 0.335 e. The standard InChI is InChI=1S/C16H10N2O5S/c19-13-12(8-11-2-1-7-24-11)14(20)18(16(23)17-13)10-5-3-9(4-6-10)15(21)22/h1-8H,(H,21,22)(H,17,19,23)/b12-8+. The fraction of sp³-hybridized carbons (Fsp3) is 0. The first-order valence-electron chi connectivity index (χ1n) is 6.75. The van der Waals surface area contributed by atoms with Crippen LogP contribution in [-0.2, 0) is 9.59 Å². The molecule has 0 aliphatic carbocycles. The first kappa shape index (κ1) is 15.6. The smallest absolute Gasteiger partial charge is 0.335 e. The SMILES string of the molecule is O=C1NC(=O)N(c2ccc(C(=O)O)cc2)C(=O)/C1=C/c1cccs1. The highest BCUT2D eigenvalue weighted by molar-refractivity contribution is 7.10. The van der Waals surface area contributed by atoms with Crippen molar-refractivity contribution in [3.05, 3.63) is 57.8 Å². The lowest BCUT2D eigenvalue weighted by atomic mass is 10.1. The van der Waals surface area contributed by atoms with E-state index in [0.717, 1.165) is 4.90 Å². The highest BCUT2D eigenvalue weighted by Gasteiger charge is 2.36. The van der Waals surface area contributed by atoms with E-state index >= 15 is 0 Å². The third-order valence-corrected chi connectivity index (χ3v) is 4.12. The Morgan fingerprint density at radius 3 is 2.42 bits per heavy atom. The summed E-state index contributed by atoms with van der Waals surface area (Å²) in [4.78, 5) is 48.9. The summed E-state index contributed by atoms with van der Waals surface area (Å²) in [5.41, 5.74) is 0.0282.